The lowest BCUT2D eigenvalue weighted by atomic mass is 10.1. The zero-order chi connectivity index (χ0) is 26.4. The lowest BCUT2D eigenvalue weighted by Crippen LogP contribution is -2.25. The molecule has 3 aromatic carbocycles. The Morgan fingerprint density at radius 3 is 2.49 bits per heavy atom. The van der Waals surface area contributed by atoms with Gasteiger partial charge in [-0.3, -0.25) is 19.0 Å². The number of halogens is 1. The molecule has 4 aromatic rings. The second-order valence-corrected chi connectivity index (χ2v) is 9.11. The third-order valence-corrected chi connectivity index (χ3v) is 6.46. The van der Waals surface area contributed by atoms with Crippen LogP contribution in [-0.2, 0) is 0 Å². The quantitative estimate of drug-likeness (QED) is 0.179. The Balaban J connectivity index is 1.72. The van der Waals surface area contributed by atoms with Gasteiger partial charge in [0.2, 0.25) is 0 Å². The fraction of sp³-hybridized carbons (Fsp3) is 0.214. The highest BCUT2D eigenvalue weighted by atomic mass is 32.2. The number of Topliss-reactive ketones (excluding diaryl/α,β-unsaturated/α-hetero) is 1. The summed E-state index contributed by atoms with van der Waals surface area (Å²) in [5, 5.41) is 3.30. The summed E-state index contributed by atoms with van der Waals surface area (Å²) in [5.41, 5.74) is 1.05. The second-order valence-electron chi connectivity index (χ2n) is 8.17. The number of thioether (sulfide) groups is 1. The number of hydrogen-bond donors (Lipinski definition) is 1. The molecule has 0 saturated heterocycles. The molecule has 37 heavy (non-hydrogen) atoms. The van der Waals surface area contributed by atoms with Gasteiger partial charge in [0.15, 0.2) is 10.9 Å². The molecule has 0 fully saturated rings. The fourth-order valence-electron chi connectivity index (χ4n) is 3.70. The first-order valence-electron chi connectivity index (χ1n) is 11.9. The molecule has 0 unspecified atom stereocenters. The van der Waals surface area contributed by atoms with Crippen LogP contribution in [-0.4, -0.2) is 40.1 Å². The molecule has 9 heteroatoms. The number of carbonyl (C=O) groups excluding carboxylic acids is 2. The van der Waals surface area contributed by atoms with Crippen LogP contribution in [0.5, 0.6) is 5.75 Å². The van der Waals surface area contributed by atoms with E-state index in [-0.39, 0.29) is 28.0 Å². The molecule has 1 heterocycles. The Kier molecular flexibility index (Phi) is 8.35. The van der Waals surface area contributed by atoms with E-state index >= 15 is 0 Å². The van der Waals surface area contributed by atoms with Crippen LogP contribution >= 0.6 is 11.8 Å². The summed E-state index contributed by atoms with van der Waals surface area (Å²) in [6.45, 7) is 4.89. The number of ketones is 1. The smallest absolute Gasteiger partial charge is 0.266 e. The molecule has 7 nitrogen and oxygen atoms in total. The van der Waals surface area contributed by atoms with Crippen molar-refractivity contribution in [3.63, 3.8) is 0 Å². The number of hydrogen-bond acceptors (Lipinski definition) is 6. The molecule has 1 aromatic heterocycles. The molecule has 0 radical (unpaired) electrons. The lowest BCUT2D eigenvalue weighted by Gasteiger charge is -2.14. The van der Waals surface area contributed by atoms with E-state index in [2.05, 4.69) is 10.3 Å². The van der Waals surface area contributed by atoms with Gasteiger partial charge in [-0.15, -0.1) is 0 Å². The molecule has 190 valence electrons. The molecule has 0 bridgehead atoms. The van der Waals surface area contributed by atoms with Crippen molar-refractivity contribution >= 4 is 34.4 Å². The Hall–Kier alpha value is -3.98. The van der Waals surface area contributed by atoms with Crippen LogP contribution in [0, 0.1) is 5.82 Å². The van der Waals surface area contributed by atoms with E-state index in [0.717, 1.165) is 18.2 Å². The van der Waals surface area contributed by atoms with Crippen LogP contribution in [0.15, 0.2) is 76.7 Å². The summed E-state index contributed by atoms with van der Waals surface area (Å²) < 4.78 is 20.8. The summed E-state index contributed by atoms with van der Waals surface area (Å²) in [6.07, 6.45) is 0.791. The van der Waals surface area contributed by atoms with Crippen molar-refractivity contribution < 1.29 is 18.7 Å². The van der Waals surface area contributed by atoms with Crippen molar-refractivity contribution in [2.45, 2.75) is 25.4 Å². The summed E-state index contributed by atoms with van der Waals surface area (Å²) in [4.78, 5) is 43.5. The van der Waals surface area contributed by atoms with E-state index in [1.807, 2.05) is 13.8 Å². The van der Waals surface area contributed by atoms with Gasteiger partial charge >= 0.3 is 0 Å². The maximum Gasteiger partial charge on any atom is 0.266 e. The first kappa shape index (κ1) is 26.1. The second kappa shape index (κ2) is 11.8. The van der Waals surface area contributed by atoms with Gasteiger partial charge in [-0.25, -0.2) is 9.37 Å². The number of ether oxygens (including phenoxy) is 1. The molecule has 0 aliphatic carbocycles. The molecule has 1 N–H and O–H groups in total. The number of nitrogens with one attached hydrogen (secondary N) is 1. The largest absolute Gasteiger partial charge is 0.494 e. The van der Waals surface area contributed by atoms with E-state index in [1.165, 1.54) is 22.8 Å². The number of carbonyl (C=O) groups is 2. The zero-order valence-corrected chi connectivity index (χ0v) is 21.3. The molecule has 0 saturated carbocycles. The van der Waals surface area contributed by atoms with Crippen LogP contribution < -0.4 is 15.6 Å². The third-order valence-electron chi connectivity index (χ3n) is 5.52. The highest BCUT2D eigenvalue weighted by Crippen LogP contribution is 2.24. The van der Waals surface area contributed by atoms with Crippen molar-refractivity contribution in [2.75, 3.05) is 18.9 Å². The van der Waals surface area contributed by atoms with E-state index in [9.17, 15) is 18.8 Å². The molecule has 0 spiro atoms. The number of rotatable bonds is 10. The highest BCUT2D eigenvalue weighted by Gasteiger charge is 2.17. The topological polar surface area (TPSA) is 90.3 Å². The number of amides is 1. The number of fused-ring (bicyclic) bond motifs is 1. The molecule has 0 aliphatic rings. The van der Waals surface area contributed by atoms with Crippen LogP contribution in [0.3, 0.4) is 0 Å². The van der Waals surface area contributed by atoms with E-state index < -0.39 is 11.4 Å². The van der Waals surface area contributed by atoms with Crippen LogP contribution in [0.25, 0.3) is 16.6 Å². The summed E-state index contributed by atoms with van der Waals surface area (Å²) in [5.74, 6) is -0.270. The molecule has 0 aliphatic heterocycles. The molecular formula is C28H26FN3O4S. The average molecular weight is 520 g/mol. The van der Waals surface area contributed by atoms with Gasteiger partial charge in [0.25, 0.3) is 11.5 Å². The van der Waals surface area contributed by atoms with Gasteiger partial charge in [0.1, 0.15) is 11.6 Å². The minimum atomic E-state index is -0.506. The third kappa shape index (κ3) is 6.06. The van der Waals surface area contributed by atoms with Crippen molar-refractivity contribution in [1.82, 2.24) is 14.9 Å². The van der Waals surface area contributed by atoms with Crippen LogP contribution in [0.1, 0.15) is 41.0 Å². The Morgan fingerprint density at radius 1 is 1.03 bits per heavy atom. The minimum absolute atomic E-state index is 0.00206. The van der Waals surface area contributed by atoms with Gasteiger partial charge in [-0.1, -0.05) is 24.8 Å². The molecular weight excluding hydrogens is 493 g/mol. The van der Waals surface area contributed by atoms with Gasteiger partial charge in [-0.2, -0.15) is 0 Å². The zero-order valence-electron chi connectivity index (χ0n) is 20.5. The Bertz CT molecular complexity index is 1500. The molecule has 1 amide bonds. The van der Waals surface area contributed by atoms with Crippen LogP contribution in [0.4, 0.5) is 4.39 Å². The predicted molar refractivity (Wildman–Crippen MR) is 143 cm³/mol. The van der Waals surface area contributed by atoms with Gasteiger partial charge in [0.05, 0.1) is 29.0 Å². The van der Waals surface area contributed by atoms with E-state index in [0.29, 0.717) is 41.2 Å². The Labute approximate surface area is 217 Å². The number of benzene rings is 3. The minimum Gasteiger partial charge on any atom is -0.494 e. The van der Waals surface area contributed by atoms with Crippen molar-refractivity contribution in [3.8, 4) is 11.4 Å². The predicted octanol–water partition coefficient (Wildman–Crippen LogP) is 5.04. The van der Waals surface area contributed by atoms with Crippen molar-refractivity contribution in [1.29, 1.82) is 0 Å². The number of nitrogens with zero attached hydrogens (tertiary/aromatic N) is 2. The maximum absolute atomic E-state index is 14.0. The molecule has 4 rings (SSSR count). The van der Waals surface area contributed by atoms with E-state index in [1.54, 1.807) is 48.5 Å². The van der Waals surface area contributed by atoms with Crippen molar-refractivity contribution in [3.05, 3.63) is 94.0 Å². The monoisotopic (exact) mass is 519 g/mol. The summed E-state index contributed by atoms with van der Waals surface area (Å²) >= 11 is 1.07. The van der Waals surface area contributed by atoms with Gasteiger partial charge < -0.3 is 10.1 Å². The number of aromatic nitrogens is 2. The average Bonchev–Trinajstić information content (AvgIpc) is 2.90. The first-order chi connectivity index (χ1) is 17.9. The normalized spacial score (nSPS) is 10.9. The maximum atomic E-state index is 14.0. The Morgan fingerprint density at radius 2 is 1.78 bits per heavy atom. The first-order valence-corrected chi connectivity index (χ1v) is 12.9. The highest BCUT2D eigenvalue weighted by molar-refractivity contribution is 7.99. The molecule has 0 atom stereocenters. The summed E-state index contributed by atoms with van der Waals surface area (Å²) in [7, 11) is 0. The summed E-state index contributed by atoms with van der Waals surface area (Å²) in [6, 6.07) is 17.1. The van der Waals surface area contributed by atoms with Crippen molar-refractivity contribution in [2.24, 2.45) is 0 Å². The fourth-order valence-corrected chi connectivity index (χ4v) is 4.61. The standard InChI is InChI=1S/C28H26FN3O4S/c1-3-14-30-26(34)19-10-13-23-24(15-19)31-28(32(27(23)35)21-7-5-6-20(29)16-21)37-17-25(33)18-8-11-22(12-9-18)36-4-2/h5-13,15-16H,3-4,14,17H2,1-2H3,(H,30,34). The van der Waals surface area contributed by atoms with E-state index in [4.69, 9.17) is 4.74 Å². The van der Waals surface area contributed by atoms with Gasteiger partial charge in [0, 0.05) is 17.7 Å². The SMILES string of the molecule is CCCNC(=O)c1ccc2c(=O)n(-c3cccc(F)c3)c(SCC(=O)c3ccc(OCC)cc3)nc2c1. The lowest BCUT2D eigenvalue weighted by molar-refractivity contribution is 0.0952. The van der Waals surface area contributed by atoms with Crippen LogP contribution in [0.2, 0.25) is 0 Å². The van der Waals surface area contributed by atoms with Gasteiger partial charge in [-0.05, 0) is 74.0 Å².